The number of amides is 1. The van der Waals surface area contributed by atoms with Crippen LogP contribution in [-0.2, 0) is 0 Å². The molecule has 1 aromatic carbocycles. The highest BCUT2D eigenvalue weighted by atomic mass is 35.5. The maximum Gasteiger partial charge on any atom is 0.253 e. The quantitative estimate of drug-likeness (QED) is 0.919. The monoisotopic (exact) mass is 355 g/mol. The third-order valence-electron chi connectivity index (χ3n) is 4.15. The number of nitrogens with zero attached hydrogens (tertiary/aromatic N) is 2. The number of likely N-dealkylation sites (tertiary alicyclic amines) is 1. The summed E-state index contributed by atoms with van der Waals surface area (Å²) in [6, 6.07) is 9.67. The van der Waals surface area contributed by atoms with E-state index in [1.54, 1.807) is 6.20 Å². The molecule has 4 nitrogen and oxygen atoms in total. The number of hydrogen-bond donors (Lipinski definition) is 1. The summed E-state index contributed by atoms with van der Waals surface area (Å²) >= 11 is 0. The topological polar surface area (TPSA) is 45.2 Å². The molecule has 1 aromatic heterocycles. The van der Waals surface area contributed by atoms with E-state index in [-0.39, 0.29) is 30.7 Å². The van der Waals surface area contributed by atoms with Gasteiger partial charge in [0.25, 0.3) is 5.91 Å². The highest BCUT2D eigenvalue weighted by molar-refractivity contribution is 5.98. The first-order valence-corrected chi connectivity index (χ1v) is 7.56. The Hall–Kier alpha value is -1.36. The number of halogens is 2. The number of rotatable bonds is 3. The van der Waals surface area contributed by atoms with Gasteiger partial charge in [-0.3, -0.25) is 9.78 Å². The average Bonchev–Trinajstić information content (AvgIpc) is 2.54. The predicted molar refractivity (Wildman–Crippen MR) is 98.8 cm³/mol. The molecule has 1 N–H and O–H groups in total. The number of benzene rings is 1. The van der Waals surface area contributed by atoms with E-state index in [0.29, 0.717) is 5.92 Å². The van der Waals surface area contributed by atoms with Gasteiger partial charge in [-0.15, -0.1) is 24.8 Å². The average molecular weight is 356 g/mol. The van der Waals surface area contributed by atoms with Crippen LogP contribution in [0.2, 0.25) is 0 Å². The third kappa shape index (κ3) is 4.56. The lowest BCUT2D eigenvalue weighted by Crippen LogP contribution is -2.42. The van der Waals surface area contributed by atoms with Crippen LogP contribution in [0, 0.1) is 5.92 Å². The van der Waals surface area contributed by atoms with Crippen molar-refractivity contribution in [3.05, 3.63) is 42.1 Å². The minimum atomic E-state index is 0. The molecule has 0 radical (unpaired) electrons. The van der Waals surface area contributed by atoms with Crippen LogP contribution < -0.4 is 5.32 Å². The van der Waals surface area contributed by atoms with Gasteiger partial charge in [-0.2, -0.15) is 0 Å². The molecule has 2 aromatic rings. The second-order valence-corrected chi connectivity index (χ2v) is 5.73. The lowest BCUT2D eigenvalue weighted by Gasteiger charge is -2.32. The number of carbonyl (C=O) groups excluding carboxylic acids is 1. The Morgan fingerprint density at radius 1 is 1.35 bits per heavy atom. The minimum Gasteiger partial charge on any atom is -0.338 e. The molecule has 1 fully saturated rings. The van der Waals surface area contributed by atoms with Gasteiger partial charge < -0.3 is 10.2 Å². The van der Waals surface area contributed by atoms with Gasteiger partial charge in [0, 0.05) is 30.2 Å². The zero-order valence-electron chi connectivity index (χ0n) is 13.2. The summed E-state index contributed by atoms with van der Waals surface area (Å²) in [6.45, 7) is 2.69. The van der Waals surface area contributed by atoms with Crippen LogP contribution in [-0.4, -0.2) is 42.5 Å². The SMILES string of the molecule is CNCC1CCCN(C(=O)c2ccc3ncccc3c2)C1.Cl.Cl. The number of hydrogen-bond acceptors (Lipinski definition) is 3. The van der Waals surface area contributed by atoms with Crippen molar-refractivity contribution < 1.29 is 4.79 Å². The zero-order chi connectivity index (χ0) is 14.7. The molecule has 2 heterocycles. The Labute approximate surface area is 149 Å². The second-order valence-electron chi connectivity index (χ2n) is 5.73. The maximum atomic E-state index is 12.7. The van der Waals surface area contributed by atoms with Gasteiger partial charge in [0.15, 0.2) is 0 Å². The Kier molecular flexibility index (Phi) is 7.76. The van der Waals surface area contributed by atoms with Crippen molar-refractivity contribution >= 4 is 41.6 Å². The summed E-state index contributed by atoms with van der Waals surface area (Å²) in [5.74, 6) is 0.705. The predicted octanol–water partition coefficient (Wildman–Crippen LogP) is 3.15. The fourth-order valence-corrected chi connectivity index (χ4v) is 3.10. The van der Waals surface area contributed by atoms with Gasteiger partial charge in [0.1, 0.15) is 0 Å². The van der Waals surface area contributed by atoms with Gasteiger partial charge in [-0.1, -0.05) is 6.07 Å². The molecule has 0 spiro atoms. The van der Waals surface area contributed by atoms with Crippen molar-refractivity contribution in [2.45, 2.75) is 12.8 Å². The van der Waals surface area contributed by atoms with Crippen molar-refractivity contribution in [2.24, 2.45) is 5.92 Å². The standard InChI is InChI=1S/C17H21N3O.2ClH/c1-18-11-13-4-3-9-20(12-13)17(21)15-6-7-16-14(10-15)5-2-8-19-16;;/h2,5-8,10,13,18H,3-4,9,11-12H2,1H3;2*1H. The first-order valence-electron chi connectivity index (χ1n) is 7.56. The summed E-state index contributed by atoms with van der Waals surface area (Å²) in [6.07, 6.45) is 4.07. The zero-order valence-corrected chi connectivity index (χ0v) is 14.8. The fourth-order valence-electron chi connectivity index (χ4n) is 3.10. The van der Waals surface area contributed by atoms with E-state index >= 15 is 0 Å². The Bertz CT molecular complexity index is 649. The van der Waals surface area contributed by atoms with E-state index in [1.165, 1.54) is 6.42 Å². The molecule has 23 heavy (non-hydrogen) atoms. The highest BCUT2D eigenvalue weighted by Gasteiger charge is 2.24. The molecule has 1 atom stereocenters. The van der Waals surface area contributed by atoms with Gasteiger partial charge >= 0.3 is 0 Å². The number of carbonyl (C=O) groups is 1. The van der Waals surface area contributed by atoms with Gasteiger partial charge in [-0.25, -0.2) is 0 Å². The molecule has 6 heteroatoms. The summed E-state index contributed by atoms with van der Waals surface area (Å²) in [7, 11) is 1.97. The number of nitrogens with one attached hydrogen (secondary N) is 1. The molecule has 126 valence electrons. The van der Waals surface area contributed by atoms with Crippen molar-refractivity contribution in [3.8, 4) is 0 Å². The summed E-state index contributed by atoms with van der Waals surface area (Å²) in [4.78, 5) is 19.0. The number of fused-ring (bicyclic) bond motifs is 1. The normalized spacial score (nSPS) is 17.3. The highest BCUT2D eigenvalue weighted by Crippen LogP contribution is 2.20. The van der Waals surface area contributed by atoms with Crippen LogP contribution in [0.1, 0.15) is 23.2 Å². The van der Waals surface area contributed by atoms with E-state index in [1.807, 2.05) is 42.3 Å². The molecule has 0 saturated carbocycles. The molecule has 1 saturated heterocycles. The molecule has 0 aliphatic carbocycles. The number of pyridine rings is 1. The summed E-state index contributed by atoms with van der Waals surface area (Å²) in [5.41, 5.74) is 1.70. The Balaban J connectivity index is 0.00000132. The van der Waals surface area contributed by atoms with Crippen LogP contribution in [0.5, 0.6) is 0 Å². The Morgan fingerprint density at radius 2 is 2.17 bits per heavy atom. The van der Waals surface area contributed by atoms with Crippen molar-refractivity contribution in [1.29, 1.82) is 0 Å². The van der Waals surface area contributed by atoms with Crippen molar-refractivity contribution in [2.75, 3.05) is 26.7 Å². The minimum absolute atomic E-state index is 0. The second kappa shape index (κ2) is 9.06. The lowest BCUT2D eigenvalue weighted by atomic mass is 9.97. The van der Waals surface area contributed by atoms with Crippen LogP contribution in [0.3, 0.4) is 0 Å². The summed E-state index contributed by atoms with van der Waals surface area (Å²) in [5, 5.41) is 4.24. The smallest absolute Gasteiger partial charge is 0.253 e. The van der Waals surface area contributed by atoms with Gasteiger partial charge in [0.2, 0.25) is 0 Å². The molecule has 3 rings (SSSR count). The fraction of sp³-hybridized carbons (Fsp3) is 0.412. The number of piperidine rings is 1. The van der Waals surface area contributed by atoms with Gasteiger partial charge in [0.05, 0.1) is 5.52 Å². The van der Waals surface area contributed by atoms with E-state index in [9.17, 15) is 4.79 Å². The largest absolute Gasteiger partial charge is 0.338 e. The first-order chi connectivity index (χ1) is 10.3. The van der Waals surface area contributed by atoms with E-state index in [4.69, 9.17) is 0 Å². The Morgan fingerprint density at radius 3 is 2.96 bits per heavy atom. The lowest BCUT2D eigenvalue weighted by molar-refractivity contribution is 0.0674. The molecular weight excluding hydrogens is 333 g/mol. The summed E-state index contributed by atoms with van der Waals surface area (Å²) < 4.78 is 0. The third-order valence-corrected chi connectivity index (χ3v) is 4.15. The van der Waals surface area contributed by atoms with Crippen LogP contribution in [0.15, 0.2) is 36.5 Å². The van der Waals surface area contributed by atoms with Crippen molar-refractivity contribution in [1.82, 2.24) is 15.2 Å². The van der Waals surface area contributed by atoms with Crippen LogP contribution >= 0.6 is 24.8 Å². The van der Waals surface area contributed by atoms with Gasteiger partial charge in [-0.05, 0) is 56.6 Å². The molecule has 1 amide bonds. The first kappa shape index (κ1) is 19.7. The molecule has 1 unspecified atom stereocenters. The molecule has 1 aliphatic heterocycles. The van der Waals surface area contributed by atoms with Crippen LogP contribution in [0.4, 0.5) is 0 Å². The molecular formula is C17H23Cl2N3O. The van der Waals surface area contributed by atoms with E-state index in [0.717, 1.165) is 42.5 Å². The molecule has 0 bridgehead atoms. The van der Waals surface area contributed by atoms with E-state index in [2.05, 4.69) is 10.3 Å². The number of aromatic nitrogens is 1. The maximum absolute atomic E-state index is 12.7. The van der Waals surface area contributed by atoms with E-state index < -0.39 is 0 Å². The molecule has 1 aliphatic rings. The van der Waals surface area contributed by atoms with Crippen molar-refractivity contribution in [3.63, 3.8) is 0 Å². The van der Waals surface area contributed by atoms with Crippen LogP contribution in [0.25, 0.3) is 10.9 Å².